The van der Waals surface area contributed by atoms with Crippen LogP contribution in [0.15, 0.2) is 12.2 Å². The summed E-state index contributed by atoms with van der Waals surface area (Å²) in [6.07, 6.45) is 11.2. The van der Waals surface area contributed by atoms with Crippen LogP contribution in [0.5, 0.6) is 0 Å². The second-order valence-corrected chi connectivity index (χ2v) is 14.9. The predicted molar refractivity (Wildman–Crippen MR) is 144 cm³/mol. The fourth-order valence-corrected chi connectivity index (χ4v) is 11.7. The monoisotopic (exact) mass is 511 g/mol. The maximum absolute atomic E-state index is 13.0. The lowest BCUT2D eigenvalue weighted by Gasteiger charge is -2.73. The van der Waals surface area contributed by atoms with Crippen LogP contribution in [-0.4, -0.2) is 42.3 Å². The number of allylic oxidation sites excluding steroid dienone is 1. The van der Waals surface area contributed by atoms with Gasteiger partial charge in [-0.25, -0.2) is 4.79 Å². The zero-order valence-electron chi connectivity index (χ0n) is 24.3. The zero-order chi connectivity index (χ0) is 27.2. The van der Waals surface area contributed by atoms with Crippen molar-refractivity contribution >= 4 is 18.2 Å². The first-order valence-corrected chi connectivity index (χ1v) is 14.8. The third-order valence-electron chi connectivity index (χ3n) is 13.7. The third-order valence-corrected chi connectivity index (χ3v) is 13.7. The number of fused-ring (bicyclic) bond motifs is 7. The minimum atomic E-state index is -0.755. The van der Waals surface area contributed by atoms with Crippen molar-refractivity contribution < 1.29 is 19.1 Å². The van der Waals surface area contributed by atoms with Crippen molar-refractivity contribution in [3.63, 3.8) is 0 Å². The Labute approximate surface area is 224 Å². The van der Waals surface area contributed by atoms with Crippen molar-refractivity contribution in [1.29, 1.82) is 0 Å². The molecule has 5 heteroatoms. The van der Waals surface area contributed by atoms with Crippen LogP contribution < -0.4 is 0 Å². The Morgan fingerprint density at radius 1 is 0.892 bits per heavy atom. The van der Waals surface area contributed by atoms with Gasteiger partial charge in [-0.15, -0.1) is 0 Å². The highest BCUT2D eigenvalue weighted by atomic mass is 16.5. The molecule has 0 N–H and O–H groups in total. The summed E-state index contributed by atoms with van der Waals surface area (Å²) in [5.74, 6) is 1.12. The van der Waals surface area contributed by atoms with Gasteiger partial charge in [0.15, 0.2) is 0 Å². The molecule has 4 aliphatic carbocycles. The Kier molecular flexibility index (Phi) is 6.13. The summed E-state index contributed by atoms with van der Waals surface area (Å²) in [7, 11) is 1.29. The SMILES string of the molecule is C=C(C)[C@@H]1CC[C@]2(C=O)CC[C@]3(C)[C@H](CC[C@@H]4C5(C)CCN(C(=O)C(=O)OC)C(C)(C)[C@@H]5CC[C@]43C)[C@@H]12. The first-order chi connectivity index (χ1) is 17.2. The quantitative estimate of drug-likeness (QED) is 0.191. The van der Waals surface area contributed by atoms with Crippen LogP contribution in [0, 0.1) is 51.2 Å². The van der Waals surface area contributed by atoms with E-state index in [1.165, 1.54) is 31.8 Å². The number of aldehydes is 1. The van der Waals surface area contributed by atoms with Crippen molar-refractivity contribution in [2.24, 2.45) is 51.2 Å². The van der Waals surface area contributed by atoms with Gasteiger partial charge < -0.3 is 14.4 Å². The van der Waals surface area contributed by atoms with Gasteiger partial charge in [0.05, 0.1) is 7.11 Å². The number of methoxy groups -OCH3 is 1. The topological polar surface area (TPSA) is 63.7 Å². The molecule has 5 nitrogen and oxygen atoms in total. The molecule has 4 saturated carbocycles. The number of nitrogens with zero attached hydrogens (tertiary/aromatic N) is 1. The number of esters is 1. The molecule has 0 aromatic rings. The molecule has 9 atom stereocenters. The number of carbonyl (C=O) groups excluding carboxylic acids is 3. The van der Waals surface area contributed by atoms with Gasteiger partial charge in [-0.2, -0.15) is 0 Å². The van der Waals surface area contributed by atoms with Gasteiger partial charge in [-0.1, -0.05) is 32.9 Å². The molecule has 5 aliphatic rings. The maximum Gasteiger partial charge on any atom is 0.396 e. The number of carbonyl (C=O) groups is 3. The molecule has 0 aromatic heterocycles. The van der Waals surface area contributed by atoms with E-state index in [1.807, 2.05) is 0 Å². The Bertz CT molecular complexity index is 1020. The van der Waals surface area contributed by atoms with Gasteiger partial charge >= 0.3 is 11.9 Å². The Hall–Kier alpha value is -1.65. The molecule has 5 rings (SSSR count). The summed E-state index contributed by atoms with van der Waals surface area (Å²) >= 11 is 0. The lowest BCUT2D eigenvalue weighted by atomic mass is 9.33. The predicted octanol–water partition coefficient (Wildman–Crippen LogP) is 6.21. The Balaban J connectivity index is 1.50. The van der Waals surface area contributed by atoms with Gasteiger partial charge in [-0.3, -0.25) is 4.79 Å². The standard InChI is InChI=1S/C32H49NO4/c1-20(2)21-11-14-32(19-34)16-15-30(6)22(25(21)32)9-10-24-29(5)17-18-33(26(35)27(36)37-8)28(3,4)23(29)12-13-31(24,30)7/h19,21-25H,1,9-18H2,2-8H3/t21-,22+,23-,24+,25+,29?,30+,31+,32+/m0/s1. The molecule has 1 aliphatic heterocycles. The van der Waals surface area contributed by atoms with Gasteiger partial charge in [0, 0.05) is 17.5 Å². The Morgan fingerprint density at radius 2 is 1.59 bits per heavy atom. The van der Waals surface area contributed by atoms with E-state index in [0.29, 0.717) is 36.1 Å². The third kappa shape index (κ3) is 3.30. The van der Waals surface area contributed by atoms with Crippen LogP contribution in [0.4, 0.5) is 0 Å². The molecule has 206 valence electrons. The molecule has 5 fully saturated rings. The number of likely N-dealkylation sites (tertiary alicyclic amines) is 1. The number of rotatable bonds is 2. The average molecular weight is 512 g/mol. The van der Waals surface area contributed by atoms with E-state index >= 15 is 0 Å². The smallest absolute Gasteiger partial charge is 0.396 e. The molecule has 0 spiro atoms. The highest BCUT2D eigenvalue weighted by molar-refractivity contribution is 6.32. The minimum Gasteiger partial charge on any atom is -0.462 e. The van der Waals surface area contributed by atoms with E-state index < -0.39 is 17.4 Å². The summed E-state index contributed by atoms with van der Waals surface area (Å²) < 4.78 is 4.81. The van der Waals surface area contributed by atoms with Gasteiger partial charge in [-0.05, 0) is 124 Å². The normalized spacial score (nSPS) is 48.1. The van der Waals surface area contributed by atoms with Crippen molar-refractivity contribution in [2.75, 3.05) is 13.7 Å². The first kappa shape index (κ1) is 26.9. The summed E-state index contributed by atoms with van der Waals surface area (Å²) in [6.45, 7) is 19.2. The minimum absolute atomic E-state index is 0.111. The van der Waals surface area contributed by atoms with E-state index in [-0.39, 0.29) is 21.7 Å². The van der Waals surface area contributed by atoms with Crippen molar-refractivity contribution in [2.45, 2.75) is 105 Å². The van der Waals surface area contributed by atoms with Gasteiger partial charge in [0.25, 0.3) is 0 Å². The van der Waals surface area contributed by atoms with Crippen LogP contribution in [-0.2, 0) is 19.1 Å². The number of amides is 1. The number of hydrogen-bond acceptors (Lipinski definition) is 4. The zero-order valence-corrected chi connectivity index (χ0v) is 24.3. The van der Waals surface area contributed by atoms with E-state index in [1.54, 1.807) is 4.90 Å². The number of ether oxygens (including phenoxy) is 1. The lowest BCUT2D eigenvalue weighted by Crippen LogP contribution is -2.70. The highest BCUT2D eigenvalue weighted by Gasteiger charge is 2.71. The largest absolute Gasteiger partial charge is 0.462 e. The molecule has 37 heavy (non-hydrogen) atoms. The van der Waals surface area contributed by atoms with Gasteiger partial charge in [0.1, 0.15) is 6.29 Å². The van der Waals surface area contributed by atoms with Crippen LogP contribution >= 0.6 is 0 Å². The van der Waals surface area contributed by atoms with Crippen LogP contribution in [0.1, 0.15) is 99.3 Å². The fourth-order valence-electron chi connectivity index (χ4n) is 11.7. The molecule has 1 heterocycles. The summed E-state index contributed by atoms with van der Waals surface area (Å²) in [6, 6.07) is 0. The molecule has 1 unspecified atom stereocenters. The van der Waals surface area contributed by atoms with Gasteiger partial charge in [0.2, 0.25) is 0 Å². The summed E-state index contributed by atoms with van der Waals surface area (Å²) in [4.78, 5) is 39.6. The molecule has 0 bridgehead atoms. The second-order valence-electron chi connectivity index (χ2n) is 14.9. The van der Waals surface area contributed by atoms with Crippen LogP contribution in [0.3, 0.4) is 0 Å². The molecular formula is C32H49NO4. The maximum atomic E-state index is 13.0. The number of piperidine rings is 1. The lowest BCUT2D eigenvalue weighted by molar-refractivity contribution is -0.239. The van der Waals surface area contributed by atoms with Crippen LogP contribution in [0.25, 0.3) is 0 Å². The Morgan fingerprint density at radius 3 is 2.22 bits per heavy atom. The van der Waals surface area contributed by atoms with E-state index in [4.69, 9.17) is 4.74 Å². The summed E-state index contributed by atoms with van der Waals surface area (Å²) in [5.41, 5.74) is 1.23. The highest BCUT2D eigenvalue weighted by Crippen LogP contribution is 2.76. The van der Waals surface area contributed by atoms with E-state index in [2.05, 4.69) is 48.1 Å². The molecular weight excluding hydrogens is 462 g/mol. The summed E-state index contributed by atoms with van der Waals surface area (Å²) in [5, 5.41) is 0. The fraction of sp³-hybridized carbons (Fsp3) is 0.844. The van der Waals surface area contributed by atoms with Crippen molar-refractivity contribution in [3.8, 4) is 0 Å². The first-order valence-electron chi connectivity index (χ1n) is 14.8. The molecule has 1 saturated heterocycles. The average Bonchev–Trinajstić information content (AvgIpc) is 3.24. The molecule has 0 aromatic carbocycles. The van der Waals surface area contributed by atoms with E-state index in [9.17, 15) is 14.4 Å². The van der Waals surface area contributed by atoms with Crippen LogP contribution in [0.2, 0.25) is 0 Å². The molecule has 0 radical (unpaired) electrons. The van der Waals surface area contributed by atoms with E-state index in [0.717, 1.165) is 44.9 Å². The molecule has 1 amide bonds. The number of hydrogen-bond donors (Lipinski definition) is 0. The van der Waals surface area contributed by atoms with Crippen molar-refractivity contribution in [3.05, 3.63) is 12.2 Å². The second kappa shape index (κ2) is 8.42. The van der Waals surface area contributed by atoms with Crippen molar-refractivity contribution in [1.82, 2.24) is 4.90 Å².